The van der Waals surface area contributed by atoms with Crippen LogP contribution in [0.2, 0.25) is 0 Å². The van der Waals surface area contributed by atoms with Gasteiger partial charge in [-0.2, -0.15) is 0 Å². The smallest absolute Gasteiger partial charge is 0.253 e. The molecule has 0 aliphatic carbocycles. The summed E-state index contributed by atoms with van der Waals surface area (Å²) < 4.78 is 5.44. The summed E-state index contributed by atoms with van der Waals surface area (Å²) in [5, 5.41) is 0.945. The van der Waals surface area contributed by atoms with Gasteiger partial charge in [0.2, 0.25) is 5.91 Å². The van der Waals surface area contributed by atoms with E-state index in [-0.39, 0.29) is 18.0 Å². The number of aromatic nitrogens is 1. The summed E-state index contributed by atoms with van der Waals surface area (Å²) in [6.07, 6.45) is 0. The number of carbonyl (C=O) groups is 1. The van der Waals surface area contributed by atoms with Crippen LogP contribution >= 0.6 is 0 Å². The number of aromatic amines is 1. The number of hydrogen-bond donors (Lipinski definition) is 1. The maximum absolute atomic E-state index is 12.5. The van der Waals surface area contributed by atoms with Gasteiger partial charge in [-0.3, -0.25) is 9.59 Å². The topological polar surface area (TPSA) is 62.4 Å². The van der Waals surface area contributed by atoms with Crippen LogP contribution in [-0.4, -0.2) is 17.5 Å². The minimum Gasteiger partial charge on any atom is -0.494 e. The monoisotopic (exact) mass is 350 g/mol. The molecule has 0 fully saturated rings. The summed E-state index contributed by atoms with van der Waals surface area (Å²) in [5.74, 6) is 0.622. The van der Waals surface area contributed by atoms with Crippen molar-refractivity contribution in [3.8, 4) is 5.75 Å². The lowest BCUT2D eigenvalue weighted by Crippen LogP contribution is -2.30. The number of ether oxygens (including phenoxy) is 1. The lowest BCUT2D eigenvalue weighted by atomic mass is 10.1. The van der Waals surface area contributed by atoms with E-state index in [2.05, 4.69) is 4.98 Å². The van der Waals surface area contributed by atoms with E-state index < -0.39 is 0 Å². The number of rotatable bonds is 5. The Bertz CT molecular complexity index is 990. The van der Waals surface area contributed by atoms with Crippen LogP contribution in [0.4, 0.5) is 5.69 Å². The minimum atomic E-state index is -0.180. The van der Waals surface area contributed by atoms with Crippen LogP contribution in [0.5, 0.6) is 5.75 Å². The van der Waals surface area contributed by atoms with Crippen molar-refractivity contribution in [3.63, 3.8) is 0 Å². The zero-order valence-corrected chi connectivity index (χ0v) is 15.2. The fraction of sp³-hybridized carbons (Fsp3) is 0.238. The Labute approximate surface area is 152 Å². The molecule has 3 aromatic rings. The number of nitrogens with one attached hydrogen (secondary N) is 1. The lowest BCUT2D eigenvalue weighted by Gasteiger charge is -2.21. The van der Waals surface area contributed by atoms with Crippen molar-refractivity contribution in [1.82, 2.24) is 4.98 Å². The molecule has 1 N–H and O–H groups in total. The Morgan fingerprint density at radius 2 is 1.85 bits per heavy atom. The highest BCUT2D eigenvalue weighted by Crippen LogP contribution is 2.22. The first-order valence-corrected chi connectivity index (χ1v) is 8.61. The van der Waals surface area contributed by atoms with Crippen LogP contribution in [-0.2, 0) is 11.3 Å². The SMILES string of the molecule is CCOc1ccc(N(Cc2cc3ccc(C)cc3[nH]c2=O)C(C)=O)cc1. The second-order valence-electron chi connectivity index (χ2n) is 6.25. The second kappa shape index (κ2) is 7.44. The number of fused-ring (bicyclic) bond motifs is 1. The van der Waals surface area contributed by atoms with E-state index in [9.17, 15) is 9.59 Å². The molecule has 0 spiro atoms. The predicted molar refractivity (Wildman–Crippen MR) is 104 cm³/mol. The third-order valence-corrected chi connectivity index (χ3v) is 4.25. The summed E-state index contributed by atoms with van der Waals surface area (Å²) >= 11 is 0. The Kier molecular flexibility index (Phi) is 5.07. The summed E-state index contributed by atoms with van der Waals surface area (Å²) in [6, 6.07) is 15.0. The van der Waals surface area contributed by atoms with Crippen LogP contribution in [0.3, 0.4) is 0 Å². The molecule has 5 nitrogen and oxygen atoms in total. The Morgan fingerprint density at radius 1 is 1.12 bits per heavy atom. The highest BCUT2D eigenvalue weighted by Gasteiger charge is 2.15. The molecule has 26 heavy (non-hydrogen) atoms. The van der Waals surface area contributed by atoms with Crippen LogP contribution in [0.25, 0.3) is 10.9 Å². The first-order chi connectivity index (χ1) is 12.5. The van der Waals surface area contributed by atoms with Crippen molar-refractivity contribution >= 4 is 22.5 Å². The molecule has 134 valence electrons. The van der Waals surface area contributed by atoms with Crippen molar-refractivity contribution in [2.75, 3.05) is 11.5 Å². The minimum absolute atomic E-state index is 0.127. The number of H-pyrrole nitrogens is 1. The highest BCUT2D eigenvalue weighted by molar-refractivity contribution is 5.91. The molecule has 2 aromatic carbocycles. The van der Waals surface area contributed by atoms with Crippen LogP contribution in [0, 0.1) is 6.92 Å². The van der Waals surface area contributed by atoms with Gasteiger partial charge in [-0.25, -0.2) is 0 Å². The maximum Gasteiger partial charge on any atom is 0.253 e. The van der Waals surface area contributed by atoms with E-state index in [0.717, 1.165) is 27.9 Å². The van der Waals surface area contributed by atoms with Crippen molar-refractivity contribution < 1.29 is 9.53 Å². The van der Waals surface area contributed by atoms with Gasteiger partial charge < -0.3 is 14.6 Å². The zero-order chi connectivity index (χ0) is 18.7. The average molecular weight is 350 g/mol. The maximum atomic E-state index is 12.5. The quantitative estimate of drug-likeness (QED) is 0.761. The van der Waals surface area contributed by atoms with Gasteiger partial charge in [0.1, 0.15) is 5.75 Å². The van der Waals surface area contributed by atoms with Crippen molar-refractivity contribution in [2.24, 2.45) is 0 Å². The third kappa shape index (κ3) is 3.77. The number of pyridine rings is 1. The van der Waals surface area contributed by atoms with Gasteiger partial charge in [-0.15, -0.1) is 0 Å². The molecule has 1 amide bonds. The zero-order valence-electron chi connectivity index (χ0n) is 15.2. The van der Waals surface area contributed by atoms with Gasteiger partial charge in [0.25, 0.3) is 5.56 Å². The van der Waals surface area contributed by atoms with Gasteiger partial charge in [0.05, 0.1) is 13.2 Å². The Hall–Kier alpha value is -3.08. The molecule has 1 heterocycles. The number of aryl methyl sites for hydroxylation is 1. The first-order valence-electron chi connectivity index (χ1n) is 8.61. The number of hydrogen-bond acceptors (Lipinski definition) is 3. The molecule has 0 radical (unpaired) electrons. The van der Waals surface area contributed by atoms with Gasteiger partial charge in [0, 0.05) is 23.7 Å². The van der Waals surface area contributed by atoms with Gasteiger partial charge in [0.15, 0.2) is 0 Å². The van der Waals surface area contributed by atoms with E-state index in [1.54, 1.807) is 4.90 Å². The summed E-state index contributed by atoms with van der Waals surface area (Å²) in [4.78, 5) is 29.1. The van der Waals surface area contributed by atoms with E-state index in [0.29, 0.717) is 12.2 Å². The fourth-order valence-electron chi connectivity index (χ4n) is 2.92. The molecular formula is C21H22N2O3. The molecule has 0 unspecified atom stereocenters. The largest absolute Gasteiger partial charge is 0.494 e. The van der Waals surface area contributed by atoms with E-state index in [1.165, 1.54) is 6.92 Å². The number of amides is 1. The molecule has 1 aromatic heterocycles. The standard InChI is InChI=1S/C21H22N2O3/c1-4-26-19-9-7-18(8-10-19)23(15(3)24)13-17-12-16-6-5-14(2)11-20(16)22-21(17)25/h5-12H,4,13H2,1-3H3,(H,22,25). The molecule has 0 bridgehead atoms. The van der Waals surface area contributed by atoms with Gasteiger partial charge >= 0.3 is 0 Å². The molecule has 0 aliphatic rings. The average Bonchev–Trinajstić information content (AvgIpc) is 2.61. The van der Waals surface area contributed by atoms with E-state index in [1.807, 2.05) is 62.4 Å². The van der Waals surface area contributed by atoms with Crippen molar-refractivity contribution in [1.29, 1.82) is 0 Å². The molecular weight excluding hydrogens is 328 g/mol. The van der Waals surface area contributed by atoms with Crippen LogP contribution in [0.1, 0.15) is 25.0 Å². The molecule has 0 saturated heterocycles. The van der Waals surface area contributed by atoms with Gasteiger partial charge in [-0.1, -0.05) is 12.1 Å². The molecule has 0 aliphatic heterocycles. The van der Waals surface area contributed by atoms with Crippen LogP contribution in [0.15, 0.2) is 53.3 Å². The summed E-state index contributed by atoms with van der Waals surface area (Å²) in [5.41, 5.74) is 2.98. The third-order valence-electron chi connectivity index (χ3n) is 4.25. The lowest BCUT2D eigenvalue weighted by molar-refractivity contribution is -0.116. The highest BCUT2D eigenvalue weighted by atomic mass is 16.5. The molecule has 3 rings (SSSR count). The second-order valence-corrected chi connectivity index (χ2v) is 6.25. The van der Waals surface area contributed by atoms with Gasteiger partial charge in [-0.05, 0) is 61.2 Å². The number of nitrogens with zero attached hydrogens (tertiary/aromatic N) is 1. The molecule has 0 saturated carbocycles. The number of anilines is 1. The fourth-order valence-corrected chi connectivity index (χ4v) is 2.92. The Balaban J connectivity index is 1.94. The van der Waals surface area contributed by atoms with Crippen LogP contribution < -0.4 is 15.2 Å². The molecule has 5 heteroatoms. The normalized spacial score (nSPS) is 10.7. The number of carbonyl (C=O) groups excluding carboxylic acids is 1. The van der Waals surface area contributed by atoms with E-state index in [4.69, 9.17) is 4.74 Å². The van der Waals surface area contributed by atoms with Crippen molar-refractivity contribution in [3.05, 3.63) is 70.0 Å². The first kappa shape index (κ1) is 17.7. The van der Waals surface area contributed by atoms with E-state index >= 15 is 0 Å². The Morgan fingerprint density at radius 3 is 2.50 bits per heavy atom. The molecule has 0 atom stereocenters. The number of benzene rings is 2. The summed E-state index contributed by atoms with van der Waals surface area (Å²) in [6.45, 7) is 6.19. The summed E-state index contributed by atoms with van der Waals surface area (Å²) in [7, 11) is 0. The predicted octanol–water partition coefficient (Wildman–Crippen LogP) is 3.79. The van der Waals surface area contributed by atoms with Crippen molar-refractivity contribution in [2.45, 2.75) is 27.3 Å².